The number of ether oxygens (including phenoxy) is 1. The van der Waals surface area contributed by atoms with Crippen LogP contribution in [0.4, 0.5) is 0 Å². The number of hydrogen-bond donors (Lipinski definition) is 0. The van der Waals surface area contributed by atoms with Crippen LogP contribution in [0.3, 0.4) is 0 Å². The number of nitrogens with zero attached hydrogens (tertiary/aromatic N) is 4. The van der Waals surface area contributed by atoms with Crippen molar-refractivity contribution in [2.45, 2.75) is 6.10 Å². The normalized spacial score (nSPS) is 16.9. The van der Waals surface area contributed by atoms with Gasteiger partial charge in [-0.1, -0.05) is 28.1 Å². The monoisotopic (exact) mass is 458 g/mol. The van der Waals surface area contributed by atoms with Gasteiger partial charge in [0.2, 0.25) is 0 Å². The van der Waals surface area contributed by atoms with E-state index in [0.29, 0.717) is 25.1 Å². The van der Waals surface area contributed by atoms with Gasteiger partial charge < -0.3 is 9.64 Å². The summed E-state index contributed by atoms with van der Waals surface area (Å²) in [5.41, 5.74) is 0.458. The van der Waals surface area contributed by atoms with Crippen molar-refractivity contribution in [1.29, 1.82) is 0 Å². The van der Waals surface area contributed by atoms with Crippen LogP contribution in [0.1, 0.15) is 22.2 Å². The average molecular weight is 459 g/mol. The molecule has 0 saturated carbocycles. The standard InChI is InChI=1S/C20H19BrN4O4/c1-23-17-14(18(26)24(2)20(23)28)7-8-15(22-17)19(27)25-9-10-29-16(11-25)12-3-5-13(21)6-4-12/h3-8,16H,9-11H2,1-2H3. The summed E-state index contributed by atoms with van der Waals surface area (Å²) in [7, 11) is 2.95. The van der Waals surface area contributed by atoms with Crippen LogP contribution in [0.15, 0.2) is 50.5 Å². The smallest absolute Gasteiger partial charge is 0.332 e. The van der Waals surface area contributed by atoms with Crippen LogP contribution in [0, 0.1) is 0 Å². The Hall–Kier alpha value is -2.78. The van der Waals surface area contributed by atoms with Gasteiger partial charge >= 0.3 is 5.69 Å². The Morgan fingerprint density at radius 3 is 2.55 bits per heavy atom. The highest BCUT2D eigenvalue weighted by Gasteiger charge is 2.27. The van der Waals surface area contributed by atoms with Gasteiger partial charge in [0.25, 0.3) is 11.5 Å². The first kappa shape index (κ1) is 19.5. The van der Waals surface area contributed by atoms with E-state index in [1.54, 1.807) is 11.0 Å². The minimum Gasteiger partial charge on any atom is -0.370 e. The van der Waals surface area contributed by atoms with Gasteiger partial charge in [-0.15, -0.1) is 0 Å². The molecule has 1 aliphatic heterocycles. The molecular weight excluding hydrogens is 440 g/mol. The fourth-order valence-corrected chi connectivity index (χ4v) is 3.71. The Kier molecular flexibility index (Phi) is 5.10. The maximum atomic E-state index is 13.1. The zero-order valence-electron chi connectivity index (χ0n) is 16.0. The molecule has 0 N–H and O–H groups in total. The Balaban J connectivity index is 1.65. The third-order valence-corrected chi connectivity index (χ3v) is 5.64. The fraction of sp³-hybridized carbons (Fsp3) is 0.300. The van der Waals surface area contributed by atoms with Crippen molar-refractivity contribution in [1.82, 2.24) is 19.0 Å². The molecule has 4 rings (SSSR count). The van der Waals surface area contributed by atoms with Crippen molar-refractivity contribution in [3.05, 3.63) is 73.0 Å². The molecule has 1 aromatic carbocycles. The second-order valence-corrected chi connectivity index (χ2v) is 7.85. The number of fused-ring (bicyclic) bond motifs is 1. The lowest BCUT2D eigenvalue weighted by atomic mass is 10.1. The van der Waals surface area contributed by atoms with Crippen LogP contribution in [-0.2, 0) is 18.8 Å². The summed E-state index contributed by atoms with van der Waals surface area (Å²) in [6.45, 7) is 1.26. The minimum absolute atomic E-state index is 0.192. The third-order valence-electron chi connectivity index (χ3n) is 5.12. The predicted molar refractivity (Wildman–Crippen MR) is 111 cm³/mol. The zero-order valence-corrected chi connectivity index (χ0v) is 17.5. The second-order valence-electron chi connectivity index (χ2n) is 6.94. The van der Waals surface area contributed by atoms with E-state index >= 15 is 0 Å². The van der Waals surface area contributed by atoms with Gasteiger partial charge in [0, 0.05) is 25.1 Å². The molecule has 1 aliphatic rings. The molecule has 3 aromatic rings. The van der Waals surface area contributed by atoms with Crippen molar-refractivity contribution in [2.75, 3.05) is 19.7 Å². The van der Waals surface area contributed by atoms with E-state index < -0.39 is 11.2 Å². The van der Waals surface area contributed by atoms with Gasteiger partial charge in [0.1, 0.15) is 17.4 Å². The maximum absolute atomic E-state index is 13.1. The maximum Gasteiger partial charge on any atom is 0.332 e. The Morgan fingerprint density at radius 2 is 1.83 bits per heavy atom. The number of carbonyl (C=O) groups is 1. The molecule has 1 atom stereocenters. The van der Waals surface area contributed by atoms with Crippen molar-refractivity contribution >= 4 is 32.9 Å². The summed E-state index contributed by atoms with van der Waals surface area (Å²) in [5.74, 6) is -0.259. The lowest BCUT2D eigenvalue weighted by Crippen LogP contribution is -2.43. The van der Waals surface area contributed by atoms with Gasteiger partial charge in [-0.3, -0.25) is 18.7 Å². The van der Waals surface area contributed by atoms with E-state index in [9.17, 15) is 14.4 Å². The summed E-state index contributed by atoms with van der Waals surface area (Å²) in [4.78, 5) is 43.6. The molecule has 1 unspecified atom stereocenters. The Bertz CT molecular complexity index is 1220. The molecule has 1 saturated heterocycles. The SMILES string of the molecule is Cn1c(=O)c2ccc(C(=O)N3CCOC(c4ccc(Br)cc4)C3)nc2n(C)c1=O. The van der Waals surface area contributed by atoms with Gasteiger partial charge in [0.05, 0.1) is 18.5 Å². The molecule has 9 heteroatoms. The number of hydrogen-bond acceptors (Lipinski definition) is 5. The number of aryl methyl sites for hydroxylation is 1. The molecule has 29 heavy (non-hydrogen) atoms. The molecule has 0 spiro atoms. The number of amides is 1. The van der Waals surface area contributed by atoms with Crippen molar-refractivity contribution < 1.29 is 9.53 Å². The van der Waals surface area contributed by atoms with E-state index in [2.05, 4.69) is 20.9 Å². The average Bonchev–Trinajstić information content (AvgIpc) is 2.76. The highest BCUT2D eigenvalue weighted by molar-refractivity contribution is 9.10. The summed E-state index contributed by atoms with van der Waals surface area (Å²) < 4.78 is 9.11. The van der Waals surface area contributed by atoms with E-state index in [1.165, 1.54) is 24.7 Å². The summed E-state index contributed by atoms with van der Waals surface area (Å²) >= 11 is 3.41. The van der Waals surface area contributed by atoms with E-state index in [4.69, 9.17) is 4.74 Å². The number of halogens is 1. The summed E-state index contributed by atoms with van der Waals surface area (Å²) in [6, 6.07) is 10.9. The van der Waals surface area contributed by atoms with Gasteiger partial charge in [0.15, 0.2) is 0 Å². The number of carbonyl (C=O) groups excluding carboxylic acids is 1. The van der Waals surface area contributed by atoms with Gasteiger partial charge in [-0.25, -0.2) is 9.78 Å². The summed E-state index contributed by atoms with van der Waals surface area (Å²) in [6.07, 6.45) is -0.224. The first-order valence-corrected chi connectivity index (χ1v) is 9.89. The quantitative estimate of drug-likeness (QED) is 0.582. The van der Waals surface area contributed by atoms with E-state index in [1.807, 2.05) is 24.3 Å². The second kappa shape index (κ2) is 7.57. The molecule has 1 fully saturated rings. The highest BCUT2D eigenvalue weighted by Crippen LogP contribution is 2.24. The van der Waals surface area contributed by atoms with Crippen LogP contribution in [0.5, 0.6) is 0 Å². The molecule has 0 radical (unpaired) electrons. The van der Waals surface area contributed by atoms with Gasteiger partial charge in [-0.2, -0.15) is 0 Å². The van der Waals surface area contributed by atoms with Crippen LogP contribution in [0.2, 0.25) is 0 Å². The van der Waals surface area contributed by atoms with Crippen LogP contribution >= 0.6 is 15.9 Å². The van der Waals surface area contributed by atoms with E-state index in [-0.39, 0.29) is 23.4 Å². The molecule has 0 aliphatic carbocycles. The van der Waals surface area contributed by atoms with Crippen molar-refractivity contribution in [2.24, 2.45) is 14.1 Å². The molecule has 8 nitrogen and oxygen atoms in total. The Morgan fingerprint density at radius 1 is 1.10 bits per heavy atom. The minimum atomic E-state index is -0.485. The topological polar surface area (TPSA) is 86.4 Å². The predicted octanol–water partition coefficient (Wildman–Crippen LogP) is 1.61. The molecule has 2 aromatic heterocycles. The lowest BCUT2D eigenvalue weighted by molar-refractivity contribution is -0.0230. The van der Waals surface area contributed by atoms with E-state index in [0.717, 1.165) is 14.6 Å². The fourth-order valence-electron chi connectivity index (χ4n) is 3.45. The highest BCUT2D eigenvalue weighted by atomic mass is 79.9. The number of benzene rings is 1. The molecule has 3 heterocycles. The Labute approximate surface area is 174 Å². The molecule has 0 bridgehead atoms. The third kappa shape index (κ3) is 3.51. The van der Waals surface area contributed by atoms with Crippen molar-refractivity contribution in [3.63, 3.8) is 0 Å². The lowest BCUT2D eigenvalue weighted by Gasteiger charge is -2.33. The number of pyridine rings is 1. The zero-order chi connectivity index (χ0) is 20.7. The van der Waals surface area contributed by atoms with Crippen molar-refractivity contribution in [3.8, 4) is 0 Å². The first-order chi connectivity index (χ1) is 13.9. The largest absolute Gasteiger partial charge is 0.370 e. The number of aromatic nitrogens is 3. The first-order valence-electron chi connectivity index (χ1n) is 9.10. The van der Waals surface area contributed by atoms with Gasteiger partial charge in [-0.05, 0) is 29.8 Å². The summed E-state index contributed by atoms with van der Waals surface area (Å²) in [5, 5.41) is 0.292. The van der Waals surface area contributed by atoms with Crippen LogP contribution < -0.4 is 11.2 Å². The molecule has 150 valence electrons. The van der Waals surface area contributed by atoms with Crippen LogP contribution in [0.25, 0.3) is 11.0 Å². The molecular formula is C20H19BrN4O4. The van der Waals surface area contributed by atoms with Crippen LogP contribution in [-0.4, -0.2) is 44.6 Å². The number of morpholine rings is 1. The number of rotatable bonds is 2. The molecule has 1 amide bonds.